The van der Waals surface area contributed by atoms with E-state index in [9.17, 15) is 4.79 Å². The maximum atomic E-state index is 13.2. The number of carbonyl (C=O) groups is 1. The van der Waals surface area contributed by atoms with Gasteiger partial charge in [0.2, 0.25) is 12.2 Å². The predicted octanol–water partition coefficient (Wildman–Crippen LogP) is 4.05. The SMILES string of the molecule is C/C(SC(C)C)=C(\O/N=C/OCCCO)C(=O)NC1C2CC3CCCC1C(C3)C2. The molecule has 3 aliphatic carbocycles. The molecule has 3 fully saturated rings. The molecule has 3 bridgehead atoms. The van der Waals surface area contributed by atoms with Crippen molar-refractivity contribution in [1.82, 2.24) is 5.32 Å². The van der Waals surface area contributed by atoms with Gasteiger partial charge in [-0.15, -0.1) is 11.8 Å². The minimum Gasteiger partial charge on any atom is -0.481 e. The van der Waals surface area contributed by atoms with E-state index in [1.165, 1.54) is 44.9 Å². The van der Waals surface area contributed by atoms with Crippen molar-refractivity contribution in [3.05, 3.63) is 10.7 Å². The molecular weight excluding hydrogens is 388 g/mol. The topological polar surface area (TPSA) is 80.2 Å². The van der Waals surface area contributed by atoms with Gasteiger partial charge in [0.15, 0.2) is 0 Å². The number of hydrogen-bond acceptors (Lipinski definition) is 6. The van der Waals surface area contributed by atoms with Crippen LogP contribution < -0.4 is 5.32 Å². The van der Waals surface area contributed by atoms with Crippen molar-refractivity contribution >= 4 is 24.1 Å². The van der Waals surface area contributed by atoms with Gasteiger partial charge in [-0.3, -0.25) is 4.79 Å². The number of carbonyl (C=O) groups excluding carboxylic acids is 1. The lowest BCUT2D eigenvalue weighted by Gasteiger charge is -2.30. The lowest BCUT2D eigenvalue weighted by Crippen LogP contribution is -2.43. The molecule has 0 aliphatic heterocycles. The van der Waals surface area contributed by atoms with Gasteiger partial charge < -0.3 is 20.0 Å². The van der Waals surface area contributed by atoms with Crippen LogP contribution in [0.15, 0.2) is 15.8 Å². The van der Waals surface area contributed by atoms with Crippen LogP contribution in [0, 0.1) is 23.7 Å². The third-order valence-corrected chi connectivity index (χ3v) is 7.53. The second kappa shape index (κ2) is 10.7. The number of hydrogen-bond donors (Lipinski definition) is 2. The van der Waals surface area contributed by atoms with Gasteiger partial charge in [-0.1, -0.05) is 26.7 Å². The van der Waals surface area contributed by atoms with Gasteiger partial charge in [0.1, 0.15) is 0 Å². The maximum Gasteiger partial charge on any atom is 0.290 e. The van der Waals surface area contributed by atoms with Gasteiger partial charge in [0, 0.05) is 29.2 Å². The first-order valence-corrected chi connectivity index (χ1v) is 12.0. The lowest BCUT2D eigenvalue weighted by molar-refractivity contribution is -0.122. The summed E-state index contributed by atoms with van der Waals surface area (Å²) in [6.45, 7) is 6.52. The van der Waals surface area contributed by atoms with E-state index in [1.54, 1.807) is 11.8 Å². The number of aliphatic hydroxyl groups excluding tert-OH is 1. The molecule has 0 aromatic carbocycles. The number of thioether (sulfide) groups is 1. The number of ether oxygens (including phenoxy) is 1. The van der Waals surface area contributed by atoms with E-state index in [0.717, 1.165) is 16.7 Å². The first kappa shape index (κ1) is 22.5. The number of nitrogens with one attached hydrogen (secondary N) is 1. The van der Waals surface area contributed by atoms with Gasteiger partial charge in [0.25, 0.3) is 5.91 Å². The Hall–Kier alpha value is -1.21. The molecule has 3 saturated carbocycles. The van der Waals surface area contributed by atoms with Crippen LogP contribution in [-0.2, 0) is 14.4 Å². The highest BCUT2D eigenvalue weighted by Gasteiger charge is 2.49. The Morgan fingerprint density at radius 2 is 2.07 bits per heavy atom. The van der Waals surface area contributed by atoms with E-state index in [2.05, 4.69) is 24.3 Å². The Morgan fingerprint density at radius 1 is 1.28 bits per heavy atom. The molecule has 5 atom stereocenters. The molecule has 5 unspecified atom stereocenters. The van der Waals surface area contributed by atoms with E-state index < -0.39 is 0 Å². The van der Waals surface area contributed by atoms with Crippen LogP contribution >= 0.6 is 11.8 Å². The summed E-state index contributed by atoms with van der Waals surface area (Å²) in [5.74, 6) is 2.96. The van der Waals surface area contributed by atoms with Gasteiger partial charge in [-0.25, -0.2) is 0 Å². The molecule has 3 rings (SSSR count). The van der Waals surface area contributed by atoms with Gasteiger partial charge >= 0.3 is 0 Å². The minimum atomic E-state index is -0.164. The van der Waals surface area contributed by atoms with Crippen LogP contribution in [0.4, 0.5) is 0 Å². The second-order valence-electron chi connectivity index (χ2n) is 8.99. The molecule has 2 N–H and O–H groups in total. The number of fused-ring (bicyclic) bond motifs is 2. The van der Waals surface area contributed by atoms with Crippen molar-refractivity contribution in [1.29, 1.82) is 0 Å². The van der Waals surface area contributed by atoms with Crippen molar-refractivity contribution in [3.8, 4) is 0 Å². The van der Waals surface area contributed by atoms with E-state index >= 15 is 0 Å². The number of oxime groups is 1. The second-order valence-corrected chi connectivity index (χ2v) is 10.8. The normalized spacial score (nSPS) is 31.7. The summed E-state index contributed by atoms with van der Waals surface area (Å²) in [5.41, 5.74) is 0. The van der Waals surface area contributed by atoms with Crippen LogP contribution in [0.2, 0.25) is 0 Å². The molecule has 0 aromatic rings. The number of amides is 1. The monoisotopic (exact) mass is 424 g/mol. The van der Waals surface area contributed by atoms with Crippen molar-refractivity contribution in [2.45, 2.75) is 77.0 Å². The largest absolute Gasteiger partial charge is 0.481 e. The Morgan fingerprint density at radius 3 is 2.83 bits per heavy atom. The van der Waals surface area contributed by atoms with E-state index in [4.69, 9.17) is 14.7 Å². The summed E-state index contributed by atoms with van der Waals surface area (Å²) < 4.78 is 5.17. The molecule has 3 aliphatic rings. The summed E-state index contributed by atoms with van der Waals surface area (Å²) >= 11 is 1.60. The van der Waals surface area contributed by atoms with Crippen LogP contribution in [0.1, 0.15) is 65.7 Å². The smallest absolute Gasteiger partial charge is 0.290 e. The Labute approximate surface area is 178 Å². The molecule has 1 amide bonds. The summed E-state index contributed by atoms with van der Waals surface area (Å²) in [6, 6.07) is 0.262. The molecule has 0 spiro atoms. The lowest BCUT2D eigenvalue weighted by atomic mass is 9.79. The summed E-state index contributed by atoms with van der Waals surface area (Å²) in [6.07, 6.45) is 9.50. The number of aliphatic hydroxyl groups is 1. The van der Waals surface area contributed by atoms with Gasteiger partial charge in [-0.05, 0) is 61.4 Å². The Bertz CT molecular complexity index is 622. The fraction of sp³-hybridized carbons (Fsp3) is 0.818. The van der Waals surface area contributed by atoms with Crippen LogP contribution in [0.5, 0.6) is 0 Å². The van der Waals surface area contributed by atoms with Crippen molar-refractivity contribution in [2.75, 3.05) is 13.2 Å². The Balaban J connectivity index is 1.66. The zero-order valence-corrected chi connectivity index (χ0v) is 18.7. The highest BCUT2D eigenvalue weighted by Crippen LogP contribution is 2.53. The van der Waals surface area contributed by atoms with Crippen molar-refractivity contribution < 1.29 is 19.5 Å². The third-order valence-electron chi connectivity index (χ3n) is 6.52. The van der Waals surface area contributed by atoms with Gasteiger partial charge in [0.05, 0.1) is 6.61 Å². The van der Waals surface area contributed by atoms with Crippen LogP contribution in [0.25, 0.3) is 0 Å². The summed E-state index contributed by atoms with van der Waals surface area (Å²) in [5, 5.41) is 16.3. The molecular formula is C22H36N2O4S. The first-order valence-electron chi connectivity index (χ1n) is 11.1. The maximum absolute atomic E-state index is 13.2. The fourth-order valence-electron chi connectivity index (χ4n) is 5.53. The highest BCUT2D eigenvalue weighted by molar-refractivity contribution is 8.03. The summed E-state index contributed by atoms with van der Waals surface area (Å²) in [4.78, 5) is 19.5. The van der Waals surface area contributed by atoms with Crippen LogP contribution in [0.3, 0.4) is 0 Å². The molecule has 0 aromatic heterocycles. The molecule has 6 nitrogen and oxygen atoms in total. The van der Waals surface area contributed by atoms with Crippen LogP contribution in [-0.4, -0.2) is 41.9 Å². The number of allylic oxidation sites excluding steroid dienone is 1. The quantitative estimate of drug-likeness (QED) is 0.138. The molecule has 29 heavy (non-hydrogen) atoms. The minimum absolute atomic E-state index is 0.0674. The molecule has 7 heteroatoms. The molecule has 0 heterocycles. The number of rotatable bonds is 10. The zero-order chi connectivity index (χ0) is 20.8. The zero-order valence-electron chi connectivity index (χ0n) is 17.9. The Kier molecular flexibility index (Phi) is 8.30. The fourth-order valence-corrected chi connectivity index (χ4v) is 6.48. The average Bonchev–Trinajstić information content (AvgIpc) is 2.80. The number of nitrogens with zero attached hydrogens (tertiary/aromatic N) is 1. The predicted molar refractivity (Wildman–Crippen MR) is 116 cm³/mol. The van der Waals surface area contributed by atoms with Gasteiger partial charge in [-0.2, -0.15) is 0 Å². The van der Waals surface area contributed by atoms with Crippen molar-refractivity contribution in [3.63, 3.8) is 0 Å². The van der Waals surface area contributed by atoms with Crippen molar-refractivity contribution in [2.24, 2.45) is 28.8 Å². The van der Waals surface area contributed by atoms with E-state index in [0.29, 0.717) is 30.1 Å². The summed E-state index contributed by atoms with van der Waals surface area (Å²) in [7, 11) is 0. The third kappa shape index (κ3) is 5.91. The molecule has 164 valence electrons. The molecule has 0 saturated heterocycles. The highest BCUT2D eigenvalue weighted by atomic mass is 32.2. The average molecular weight is 425 g/mol. The van der Waals surface area contributed by atoms with E-state index in [-0.39, 0.29) is 24.3 Å². The first-order chi connectivity index (χ1) is 14.0. The standard InChI is InChI=1S/C22H36N2O4S/c1-14(2)29-15(3)21(28-23-13-27-9-5-8-25)22(26)24-20-18-11-16-6-4-7-19(20)17(10-16)12-18/h13-14,16-20,25H,4-12H2,1-3H3,(H,24,26)/b21-15+,23-13+. The molecule has 0 radical (unpaired) electrons. The van der Waals surface area contributed by atoms with E-state index in [1.807, 2.05) is 6.92 Å².